The number of hydrogen-bond donors (Lipinski definition) is 1. The molecule has 7 heteroatoms. The van der Waals surface area contributed by atoms with Gasteiger partial charge in [0.25, 0.3) is 0 Å². The maximum Gasteiger partial charge on any atom is 0.227 e. The van der Waals surface area contributed by atoms with E-state index < -0.39 is 0 Å². The summed E-state index contributed by atoms with van der Waals surface area (Å²) >= 11 is 1.54. The molecule has 0 bridgehead atoms. The first kappa shape index (κ1) is 22.7. The molecule has 0 aliphatic carbocycles. The average Bonchev–Trinajstić information content (AvgIpc) is 3.31. The van der Waals surface area contributed by atoms with Crippen LogP contribution in [0.3, 0.4) is 0 Å². The molecule has 36 heavy (non-hydrogen) atoms. The molecule has 0 saturated heterocycles. The quantitative estimate of drug-likeness (QED) is 0.315. The van der Waals surface area contributed by atoms with Crippen LogP contribution in [0, 0.1) is 13.8 Å². The lowest BCUT2D eigenvalue weighted by Gasteiger charge is -2.39. The highest BCUT2D eigenvalue weighted by Crippen LogP contribution is 2.51. The fourth-order valence-corrected chi connectivity index (χ4v) is 5.31. The molecule has 2 aliphatic rings. The van der Waals surface area contributed by atoms with Crippen LogP contribution in [0.2, 0.25) is 0 Å². The van der Waals surface area contributed by atoms with E-state index in [1.165, 1.54) is 22.9 Å². The van der Waals surface area contributed by atoms with Crippen molar-refractivity contribution in [3.63, 3.8) is 0 Å². The summed E-state index contributed by atoms with van der Waals surface area (Å²) in [5.41, 5.74) is 7.80. The number of ether oxygens (including phenoxy) is 2. The Kier molecular flexibility index (Phi) is 5.72. The smallest absolute Gasteiger partial charge is 0.227 e. The standard InChI is InChI=1S/C29H28N4O2S/c1-5-34-21-13-11-20(12-14-21)27-24-25(22-16-18(3)8-15-23(22)35-27)30-28-31-29(36-4)32-33(28)26(24)19-9-6-17(2)7-10-19/h6-16,26-27H,5H2,1-4H3,(H,30,31,32)/t26-,27-/m1/s1. The Labute approximate surface area is 215 Å². The Morgan fingerprint density at radius 2 is 1.69 bits per heavy atom. The number of nitrogens with zero attached hydrogens (tertiary/aromatic N) is 3. The predicted octanol–water partition coefficient (Wildman–Crippen LogP) is 6.58. The van der Waals surface area contributed by atoms with Crippen molar-refractivity contribution in [3.8, 4) is 11.5 Å². The van der Waals surface area contributed by atoms with Gasteiger partial charge in [0.2, 0.25) is 11.1 Å². The van der Waals surface area contributed by atoms with Gasteiger partial charge in [0.05, 0.1) is 12.3 Å². The predicted molar refractivity (Wildman–Crippen MR) is 144 cm³/mol. The molecule has 0 radical (unpaired) electrons. The van der Waals surface area contributed by atoms with E-state index >= 15 is 0 Å². The molecule has 6 rings (SSSR count). The molecule has 4 aromatic rings. The van der Waals surface area contributed by atoms with Crippen molar-refractivity contribution >= 4 is 23.4 Å². The third-order valence-corrected chi connectivity index (χ3v) is 7.22. The van der Waals surface area contributed by atoms with Crippen LogP contribution in [0.1, 0.15) is 46.9 Å². The van der Waals surface area contributed by atoms with Crippen LogP contribution in [0.4, 0.5) is 5.95 Å². The van der Waals surface area contributed by atoms with Crippen LogP contribution in [-0.2, 0) is 0 Å². The molecular weight excluding hydrogens is 468 g/mol. The van der Waals surface area contributed by atoms with Gasteiger partial charge in [0, 0.05) is 11.1 Å². The van der Waals surface area contributed by atoms with Crippen molar-refractivity contribution in [1.29, 1.82) is 0 Å². The van der Waals surface area contributed by atoms with E-state index in [4.69, 9.17) is 19.6 Å². The Hall–Kier alpha value is -3.71. The molecule has 0 saturated carbocycles. The van der Waals surface area contributed by atoms with Crippen LogP contribution in [0.25, 0.3) is 5.70 Å². The number of aromatic nitrogens is 3. The van der Waals surface area contributed by atoms with E-state index in [0.29, 0.717) is 6.61 Å². The van der Waals surface area contributed by atoms with Crippen molar-refractivity contribution in [3.05, 3.63) is 100 Å². The van der Waals surface area contributed by atoms with E-state index in [9.17, 15) is 0 Å². The fourth-order valence-electron chi connectivity index (χ4n) is 4.96. The first-order valence-corrected chi connectivity index (χ1v) is 13.4. The Bertz CT molecular complexity index is 1460. The van der Waals surface area contributed by atoms with Gasteiger partial charge in [0.1, 0.15) is 23.6 Å². The van der Waals surface area contributed by atoms with Gasteiger partial charge < -0.3 is 14.8 Å². The number of fused-ring (bicyclic) bond motifs is 3. The van der Waals surface area contributed by atoms with Gasteiger partial charge in [-0.25, -0.2) is 4.68 Å². The molecule has 0 fully saturated rings. The van der Waals surface area contributed by atoms with Gasteiger partial charge in [-0.1, -0.05) is 65.4 Å². The minimum absolute atomic E-state index is 0.171. The lowest BCUT2D eigenvalue weighted by atomic mass is 9.84. The Balaban J connectivity index is 1.59. The van der Waals surface area contributed by atoms with Gasteiger partial charge in [0.15, 0.2) is 0 Å². The second-order valence-corrected chi connectivity index (χ2v) is 9.91. The van der Waals surface area contributed by atoms with Crippen LogP contribution in [0.5, 0.6) is 11.5 Å². The molecule has 0 amide bonds. The monoisotopic (exact) mass is 496 g/mol. The SMILES string of the molecule is CCOc1ccc([C@H]2Oc3ccc(C)cc3C3=C2[C@@H](c2ccc(C)cc2)n2nc(SC)nc2N3)cc1. The fraction of sp³-hybridized carbons (Fsp3) is 0.241. The van der Waals surface area contributed by atoms with Crippen molar-refractivity contribution in [2.24, 2.45) is 0 Å². The number of benzene rings is 3. The molecule has 1 N–H and O–H groups in total. The molecule has 0 spiro atoms. The molecule has 182 valence electrons. The summed E-state index contributed by atoms with van der Waals surface area (Å²) in [6.07, 6.45) is 1.69. The first-order chi connectivity index (χ1) is 17.6. The van der Waals surface area contributed by atoms with Crippen LogP contribution in [-0.4, -0.2) is 27.6 Å². The highest BCUT2D eigenvalue weighted by atomic mass is 32.2. The number of aryl methyl sites for hydroxylation is 2. The zero-order valence-electron chi connectivity index (χ0n) is 20.8. The summed E-state index contributed by atoms with van der Waals surface area (Å²) in [4.78, 5) is 4.79. The molecule has 0 unspecified atom stereocenters. The highest BCUT2D eigenvalue weighted by molar-refractivity contribution is 7.98. The molecule has 3 aromatic carbocycles. The molecule has 2 aliphatic heterocycles. The topological polar surface area (TPSA) is 61.2 Å². The van der Waals surface area contributed by atoms with Crippen LogP contribution in [0.15, 0.2) is 77.5 Å². The van der Waals surface area contributed by atoms with Crippen LogP contribution < -0.4 is 14.8 Å². The summed E-state index contributed by atoms with van der Waals surface area (Å²) < 4.78 is 14.5. The van der Waals surface area contributed by atoms with Crippen molar-refractivity contribution in [2.45, 2.75) is 38.1 Å². The van der Waals surface area contributed by atoms with E-state index in [1.807, 2.05) is 30.0 Å². The van der Waals surface area contributed by atoms with Crippen molar-refractivity contribution in [1.82, 2.24) is 14.8 Å². The van der Waals surface area contributed by atoms with Gasteiger partial charge in [-0.15, -0.1) is 5.10 Å². The highest BCUT2D eigenvalue weighted by Gasteiger charge is 2.41. The zero-order valence-corrected chi connectivity index (χ0v) is 21.6. The largest absolute Gasteiger partial charge is 0.494 e. The van der Waals surface area contributed by atoms with Gasteiger partial charge in [-0.05, 0) is 62.4 Å². The third kappa shape index (κ3) is 3.84. The maximum atomic E-state index is 6.76. The molecule has 6 nitrogen and oxygen atoms in total. The summed E-state index contributed by atoms with van der Waals surface area (Å²) in [7, 11) is 0. The third-order valence-electron chi connectivity index (χ3n) is 6.68. The summed E-state index contributed by atoms with van der Waals surface area (Å²) in [5.74, 6) is 2.44. The van der Waals surface area contributed by atoms with Crippen molar-refractivity contribution in [2.75, 3.05) is 18.2 Å². The molecule has 3 heterocycles. The minimum Gasteiger partial charge on any atom is -0.494 e. The number of anilines is 1. The summed E-state index contributed by atoms with van der Waals surface area (Å²) in [5, 5.41) is 9.24. The van der Waals surface area contributed by atoms with E-state index in [2.05, 4.69) is 73.8 Å². The summed E-state index contributed by atoms with van der Waals surface area (Å²) in [6, 6.07) is 23.0. The number of nitrogens with one attached hydrogen (secondary N) is 1. The van der Waals surface area contributed by atoms with E-state index in [1.54, 1.807) is 0 Å². The lowest BCUT2D eigenvalue weighted by molar-refractivity contribution is 0.222. The Morgan fingerprint density at radius 1 is 0.972 bits per heavy atom. The van der Waals surface area contributed by atoms with Gasteiger partial charge >= 0.3 is 0 Å². The average molecular weight is 497 g/mol. The maximum absolute atomic E-state index is 6.76. The number of thioether (sulfide) groups is 1. The van der Waals surface area contributed by atoms with E-state index in [-0.39, 0.29) is 12.1 Å². The molecule has 1 aromatic heterocycles. The summed E-state index contributed by atoms with van der Waals surface area (Å²) in [6.45, 7) is 6.84. The second kappa shape index (κ2) is 9.06. The first-order valence-electron chi connectivity index (χ1n) is 12.1. The zero-order chi connectivity index (χ0) is 24.8. The normalized spacial score (nSPS) is 18.0. The second-order valence-electron chi connectivity index (χ2n) is 9.13. The lowest BCUT2D eigenvalue weighted by Crippen LogP contribution is -2.32. The van der Waals surface area contributed by atoms with E-state index in [0.717, 1.165) is 50.6 Å². The number of hydrogen-bond acceptors (Lipinski definition) is 6. The minimum atomic E-state index is -0.306. The van der Waals surface area contributed by atoms with Gasteiger partial charge in [-0.3, -0.25) is 0 Å². The van der Waals surface area contributed by atoms with Gasteiger partial charge in [-0.2, -0.15) is 4.98 Å². The van der Waals surface area contributed by atoms with Crippen molar-refractivity contribution < 1.29 is 9.47 Å². The number of rotatable bonds is 5. The Morgan fingerprint density at radius 3 is 2.42 bits per heavy atom. The molecular formula is C29H28N4O2S. The van der Waals surface area contributed by atoms with Crippen LogP contribution >= 0.6 is 11.8 Å². The molecule has 2 atom stereocenters.